The normalized spacial score (nSPS) is 9.83. The highest BCUT2D eigenvalue weighted by molar-refractivity contribution is 7.98. The van der Waals surface area contributed by atoms with Gasteiger partial charge in [-0.2, -0.15) is 0 Å². The lowest BCUT2D eigenvalue weighted by Gasteiger charge is -2.00. The highest BCUT2D eigenvalue weighted by Gasteiger charge is 2.06. The van der Waals surface area contributed by atoms with Gasteiger partial charge in [0, 0.05) is 17.0 Å². The van der Waals surface area contributed by atoms with Gasteiger partial charge in [-0.1, -0.05) is 6.07 Å². The van der Waals surface area contributed by atoms with Crippen molar-refractivity contribution in [2.45, 2.75) is 11.8 Å². The third kappa shape index (κ3) is 1.76. The smallest absolute Gasteiger partial charge is 0.258 e. The number of rotatable bonds is 2. The maximum absolute atomic E-state index is 10.4. The van der Waals surface area contributed by atoms with Crippen LogP contribution >= 0.6 is 11.8 Å². The lowest BCUT2D eigenvalue weighted by molar-refractivity contribution is -0.385. The van der Waals surface area contributed by atoms with Crippen molar-refractivity contribution in [2.75, 3.05) is 6.26 Å². The Kier molecular flexibility index (Phi) is 2.70. The summed E-state index contributed by atoms with van der Waals surface area (Å²) in [4.78, 5) is 11.0. The second-order valence-corrected chi connectivity index (χ2v) is 3.26. The van der Waals surface area contributed by atoms with Crippen LogP contribution in [-0.4, -0.2) is 11.2 Å². The molecule has 1 aromatic rings. The molecular weight excluding hydrogens is 174 g/mol. The van der Waals surface area contributed by atoms with Crippen molar-refractivity contribution in [3.63, 3.8) is 0 Å². The van der Waals surface area contributed by atoms with E-state index in [-0.39, 0.29) is 10.6 Å². The summed E-state index contributed by atoms with van der Waals surface area (Å²) >= 11 is 1.52. The van der Waals surface area contributed by atoms with Crippen LogP contribution in [0.3, 0.4) is 0 Å². The van der Waals surface area contributed by atoms with E-state index >= 15 is 0 Å². The van der Waals surface area contributed by atoms with Gasteiger partial charge in [0.15, 0.2) is 0 Å². The predicted molar refractivity (Wildman–Crippen MR) is 49.6 cm³/mol. The molecule has 1 rings (SSSR count). The van der Waals surface area contributed by atoms with Crippen LogP contribution in [0.2, 0.25) is 0 Å². The van der Waals surface area contributed by atoms with Crippen LogP contribution in [0.4, 0.5) is 5.69 Å². The van der Waals surface area contributed by atoms with E-state index < -0.39 is 0 Å². The molecule has 0 N–H and O–H groups in total. The van der Waals surface area contributed by atoms with Gasteiger partial charge >= 0.3 is 0 Å². The standard InChI is InChI=1S/C8H9NO2S/c1-6-3-4-7(9(10)11)5-8(6)12-2/h3-5H,1-2H3. The second kappa shape index (κ2) is 3.58. The van der Waals surface area contributed by atoms with E-state index in [1.165, 1.54) is 17.8 Å². The van der Waals surface area contributed by atoms with Crippen molar-refractivity contribution < 1.29 is 4.92 Å². The average Bonchev–Trinajstić information content (AvgIpc) is 2.05. The van der Waals surface area contributed by atoms with Gasteiger partial charge in [0.1, 0.15) is 0 Å². The largest absolute Gasteiger partial charge is 0.270 e. The first-order valence-corrected chi connectivity index (χ1v) is 4.66. The van der Waals surface area contributed by atoms with Gasteiger partial charge in [-0.15, -0.1) is 11.8 Å². The van der Waals surface area contributed by atoms with Crippen LogP contribution in [0.25, 0.3) is 0 Å². The molecule has 0 aromatic heterocycles. The number of aryl methyl sites for hydroxylation is 1. The van der Waals surface area contributed by atoms with Gasteiger partial charge in [0.2, 0.25) is 0 Å². The van der Waals surface area contributed by atoms with E-state index in [2.05, 4.69) is 0 Å². The summed E-state index contributed by atoms with van der Waals surface area (Å²) in [5.41, 5.74) is 1.23. The molecule has 64 valence electrons. The Morgan fingerprint density at radius 1 is 1.50 bits per heavy atom. The summed E-state index contributed by atoms with van der Waals surface area (Å²) in [5, 5.41) is 10.4. The molecule has 0 saturated carbocycles. The summed E-state index contributed by atoms with van der Waals surface area (Å²) in [7, 11) is 0. The topological polar surface area (TPSA) is 43.1 Å². The van der Waals surface area contributed by atoms with Crippen LogP contribution in [-0.2, 0) is 0 Å². The third-order valence-corrected chi connectivity index (χ3v) is 2.48. The molecule has 1 aromatic carbocycles. The first-order chi connectivity index (χ1) is 5.65. The first kappa shape index (κ1) is 9.06. The molecule has 0 aliphatic heterocycles. The molecule has 0 bridgehead atoms. The van der Waals surface area contributed by atoms with Crippen molar-refractivity contribution in [1.82, 2.24) is 0 Å². The predicted octanol–water partition coefficient (Wildman–Crippen LogP) is 2.63. The van der Waals surface area contributed by atoms with E-state index in [1.807, 2.05) is 13.2 Å². The minimum Gasteiger partial charge on any atom is -0.258 e. The van der Waals surface area contributed by atoms with Gasteiger partial charge in [-0.05, 0) is 18.7 Å². The zero-order valence-electron chi connectivity index (χ0n) is 6.90. The molecule has 0 atom stereocenters. The van der Waals surface area contributed by atoms with Crippen molar-refractivity contribution in [1.29, 1.82) is 0 Å². The lowest BCUT2D eigenvalue weighted by atomic mass is 10.2. The van der Waals surface area contributed by atoms with Crippen LogP contribution in [0.1, 0.15) is 5.56 Å². The second-order valence-electron chi connectivity index (χ2n) is 2.41. The number of nitro benzene ring substituents is 1. The number of thioether (sulfide) groups is 1. The summed E-state index contributed by atoms with van der Waals surface area (Å²) in [6.45, 7) is 1.94. The molecule has 0 unspecified atom stereocenters. The van der Waals surface area contributed by atoms with Crippen molar-refractivity contribution >= 4 is 17.4 Å². The average molecular weight is 183 g/mol. The number of hydrogen-bond donors (Lipinski definition) is 0. The fraction of sp³-hybridized carbons (Fsp3) is 0.250. The van der Waals surface area contributed by atoms with Crippen molar-refractivity contribution in [2.24, 2.45) is 0 Å². The molecule has 0 fully saturated rings. The number of hydrogen-bond acceptors (Lipinski definition) is 3. The fourth-order valence-electron chi connectivity index (χ4n) is 0.922. The molecule has 3 nitrogen and oxygen atoms in total. The minimum atomic E-state index is -0.376. The van der Waals surface area contributed by atoms with Gasteiger partial charge in [-0.3, -0.25) is 10.1 Å². The maximum Gasteiger partial charge on any atom is 0.270 e. The minimum absolute atomic E-state index is 0.157. The number of nitro groups is 1. The van der Waals surface area contributed by atoms with E-state index in [4.69, 9.17) is 0 Å². The fourth-order valence-corrected chi connectivity index (χ4v) is 1.55. The van der Waals surface area contributed by atoms with Gasteiger partial charge in [0.25, 0.3) is 5.69 Å². The molecule has 0 spiro atoms. The summed E-state index contributed by atoms with van der Waals surface area (Å²) in [6.07, 6.45) is 1.91. The van der Waals surface area contributed by atoms with E-state index in [9.17, 15) is 10.1 Å². The van der Waals surface area contributed by atoms with E-state index in [0.29, 0.717) is 0 Å². The third-order valence-electron chi connectivity index (χ3n) is 1.60. The van der Waals surface area contributed by atoms with Crippen LogP contribution in [0.15, 0.2) is 23.1 Å². The highest BCUT2D eigenvalue weighted by Crippen LogP contribution is 2.24. The molecule has 12 heavy (non-hydrogen) atoms. The zero-order chi connectivity index (χ0) is 9.14. The Labute approximate surface area is 74.9 Å². The monoisotopic (exact) mass is 183 g/mol. The SMILES string of the molecule is CSc1cc([N+](=O)[O-])ccc1C. The molecule has 4 heteroatoms. The summed E-state index contributed by atoms with van der Waals surface area (Å²) in [5.74, 6) is 0. The Hall–Kier alpha value is -1.03. The zero-order valence-corrected chi connectivity index (χ0v) is 7.72. The Bertz CT molecular complexity index is 312. The number of benzene rings is 1. The molecule has 0 heterocycles. The van der Waals surface area contributed by atoms with Crippen molar-refractivity contribution in [3.05, 3.63) is 33.9 Å². The summed E-state index contributed by atoms with van der Waals surface area (Å²) < 4.78 is 0. The van der Waals surface area contributed by atoms with E-state index in [1.54, 1.807) is 12.1 Å². The van der Waals surface area contributed by atoms with Crippen LogP contribution in [0, 0.1) is 17.0 Å². The van der Waals surface area contributed by atoms with E-state index in [0.717, 1.165) is 10.5 Å². The van der Waals surface area contributed by atoms with Gasteiger partial charge in [-0.25, -0.2) is 0 Å². The molecule has 0 saturated heterocycles. The molecular formula is C8H9NO2S. The molecule has 0 aliphatic rings. The first-order valence-electron chi connectivity index (χ1n) is 3.44. The van der Waals surface area contributed by atoms with Crippen LogP contribution < -0.4 is 0 Å². The Balaban J connectivity index is 3.13. The highest BCUT2D eigenvalue weighted by atomic mass is 32.2. The molecule has 0 amide bonds. The maximum atomic E-state index is 10.4. The lowest BCUT2D eigenvalue weighted by Crippen LogP contribution is -1.88. The van der Waals surface area contributed by atoms with Crippen molar-refractivity contribution in [3.8, 4) is 0 Å². The summed E-state index contributed by atoms with van der Waals surface area (Å²) in [6, 6.07) is 4.89. The Morgan fingerprint density at radius 3 is 2.67 bits per heavy atom. The van der Waals surface area contributed by atoms with Gasteiger partial charge in [0.05, 0.1) is 4.92 Å². The Morgan fingerprint density at radius 2 is 2.17 bits per heavy atom. The number of non-ortho nitro benzene ring substituents is 1. The quantitative estimate of drug-likeness (QED) is 0.402. The molecule has 0 radical (unpaired) electrons. The van der Waals surface area contributed by atoms with Gasteiger partial charge < -0.3 is 0 Å². The number of nitrogens with zero attached hydrogens (tertiary/aromatic N) is 1. The molecule has 0 aliphatic carbocycles. The van der Waals surface area contributed by atoms with Crippen LogP contribution in [0.5, 0.6) is 0 Å².